The molecule has 1 aliphatic rings. The quantitative estimate of drug-likeness (QED) is 0.642. The van der Waals surface area contributed by atoms with Crippen molar-refractivity contribution in [3.63, 3.8) is 0 Å². The van der Waals surface area contributed by atoms with E-state index in [1.165, 1.54) is 0 Å². The van der Waals surface area contributed by atoms with Gasteiger partial charge in [-0.15, -0.1) is 0 Å². The number of ether oxygens (including phenoxy) is 1. The first-order valence-electron chi connectivity index (χ1n) is 9.32. The number of rotatable bonds is 4. The highest BCUT2D eigenvalue weighted by Gasteiger charge is 2.20. The highest BCUT2D eigenvalue weighted by atomic mass is 16.5. The Labute approximate surface area is 158 Å². The lowest BCUT2D eigenvalue weighted by molar-refractivity contribution is 0.126. The number of aliphatic hydroxyl groups excluding tert-OH is 1. The third kappa shape index (κ3) is 3.49. The van der Waals surface area contributed by atoms with Gasteiger partial charge < -0.3 is 20.1 Å². The highest BCUT2D eigenvalue weighted by Crippen LogP contribution is 2.34. The standard InChI is InChI=1S/C22H23N3O2/c1-27-18-8-9-19-20(13-24-22(19)11-18)14-2-3-15(12-23)21(10-14)25-16-4-6-17(26)7-5-16/h2-3,8-11,13,16-17,24-26H,4-7H2,1H3. The molecule has 0 amide bonds. The Kier molecular flexibility index (Phi) is 4.74. The second-order valence-corrected chi connectivity index (χ2v) is 7.14. The van der Waals surface area contributed by atoms with Crippen molar-refractivity contribution in [2.75, 3.05) is 12.4 Å². The molecule has 27 heavy (non-hydrogen) atoms. The molecule has 5 nitrogen and oxygen atoms in total. The third-order valence-corrected chi connectivity index (χ3v) is 5.40. The zero-order chi connectivity index (χ0) is 18.8. The summed E-state index contributed by atoms with van der Waals surface area (Å²) in [5, 5.41) is 23.8. The Hall–Kier alpha value is -2.97. The summed E-state index contributed by atoms with van der Waals surface area (Å²) in [6, 6.07) is 14.5. The molecule has 4 rings (SSSR count). The average molecular weight is 361 g/mol. The summed E-state index contributed by atoms with van der Waals surface area (Å²) < 4.78 is 5.29. The molecule has 1 fully saturated rings. The van der Waals surface area contributed by atoms with E-state index >= 15 is 0 Å². The van der Waals surface area contributed by atoms with Crippen molar-refractivity contribution >= 4 is 16.6 Å². The van der Waals surface area contributed by atoms with Crippen LogP contribution in [0.1, 0.15) is 31.2 Å². The van der Waals surface area contributed by atoms with Crippen molar-refractivity contribution in [1.29, 1.82) is 5.26 Å². The molecule has 3 aromatic rings. The van der Waals surface area contributed by atoms with E-state index in [0.717, 1.165) is 59.2 Å². The van der Waals surface area contributed by atoms with Crippen molar-refractivity contribution in [3.05, 3.63) is 48.2 Å². The van der Waals surface area contributed by atoms with E-state index in [4.69, 9.17) is 4.74 Å². The van der Waals surface area contributed by atoms with Gasteiger partial charge in [0.25, 0.3) is 0 Å². The predicted molar refractivity (Wildman–Crippen MR) is 107 cm³/mol. The molecule has 1 aromatic heterocycles. The Morgan fingerprint density at radius 3 is 2.70 bits per heavy atom. The molecule has 0 bridgehead atoms. The topological polar surface area (TPSA) is 81.1 Å². The van der Waals surface area contributed by atoms with Crippen LogP contribution >= 0.6 is 0 Å². The minimum atomic E-state index is -0.187. The van der Waals surface area contributed by atoms with Gasteiger partial charge in [-0.25, -0.2) is 0 Å². The van der Waals surface area contributed by atoms with Crippen molar-refractivity contribution < 1.29 is 9.84 Å². The summed E-state index contributed by atoms with van der Waals surface area (Å²) in [5.41, 5.74) is 4.68. The van der Waals surface area contributed by atoms with Crippen LogP contribution in [0.25, 0.3) is 22.0 Å². The first-order chi connectivity index (χ1) is 13.2. The molecular formula is C22H23N3O2. The zero-order valence-corrected chi connectivity index (χ0v) is 15.3. The number of hydrogen-bond acceptors (Lipinski definition) is 4. The zero-order valence-electron chi connectivity index (χ0n) is 15.3. The molecule has 0 unspecified atom stereocenters. The van der Waals surface area contributed by atoms with Crippen molar-refractivity contribution in [2.45, 2.75) is 37.8 Å². The molecule has 3 N–H and O–H groups in total. The first kappa shape index (κ1) is 17.4. The maximum absolute atomic E-state index is 9.71. The summed E-state index contributed by atoms with van der Waals surface area (Å²) in [5.74, 6) is 0.817. The van der Waals surface area contributed by atoms with Gasteiger partial charge in [-0.3, -0.25) is 0 Å². The fourth-order valence-corrected chi connectivity index (χ4v) is 3.84. The molecule has 0 aliphatic heterocycles. The minimum absolute atomic E-state index is 0.187. The van der Waals surface area contributed by atoms with Crippen LogP contribution in [-0.2, 0) is 0 Å². The van der Waals surface area contributed by atoms with E-state index in [0.29, 0.717) is 11.6 Å². The van der Waals surface area contributed by atoms with Gasteiger partial charge in [-0.1, -0.05) is 6.07 Å². The maximum atomic E-state index is 9.71. The Morgan fingerprint density at radius 2 is 1.96 bits per heavy atom. The van der Waals surface area contributed by atoms with Crippen LogP contribution in [0, 0.1) is 11.3 Å². The van der Waals surface area contributed by atoms with E-state index in [1.807, 2.05) is 36.5 Å². The average Bonchev–Trinajstić information content (AvgIpc) is 3.12. The minimum Gasteiger partial charge on any atom is -0.497 e. The summed E-state index contributed by atoms with van der Waals surface area (Å²) in [7, 11) is 1.66. The van der Waals surface area contributed by atoms with Gasteiger partial charge in [0.15, 0.2) is 0 Å². The Bertz CT molecular complexity index is 994. The maximum Gasteiger partial charge on any atom is 0.120 e. The highest BCUT2D eigenvalue weighted by molar-refractivity contribution is 5.96. The lowest BCUT2D eigenvalue weighted by atomic mass is 9.92. The Balaban J connectivity index is 1.67. The lowest BCUT2D eigenvalue weighted by Gasteiger charge is -2.27. The molecule has 5 heteroatoms. The number of aromatic nitrogens is 1. The third-order valence-electron chi connectivity index (χ3n) is 5.40. The molecule has 0 radical (unpaired) electrons. The second kappa shape index (κ2) is 7.34. The molecule has 2 aromatic carbocycles. The van der Waals surface area contributed by atoms with Gasteiger partial charge >= 0.3 is 0 Å². The number of benzene rings is 2. The lowest BCUT2D eigenvalue weighted by Crippen LogP contribution is -2.28. The largest absolute Gasteiger partial charge is 0.497 e. The summed E-state index contributed by atoms with van der Waals surface area (Å²) in [6.45, 7) is 0. The number of nitrogens with one attached hydrogen (secondary N) is 2. The number of anilines is 1. The van der Waals surface area contributed by atoms with Crippen molar-refractivity contribution in [1.82, 2.24) is 4.98 Å². The van der Waals surface area contributed by atoms with Gasteiger partial charge in [0.2, 0.25) is 0 Å². The van der Waals surface area contributed by atoms with Gasteiger partial charge in [-0.05, 0) is 55.5 Å². The number of hydrogen-bond donors (Lipinski definition) is 3. The van der Waals surface area contributed by atoms with Crippen LogP contribution in [0.2, 0.25) is 0 Å². The van der Waals surface area contributed by atoms with Crippen LogP contribution in [0.4, 0.5) is 5.69 Å². The monoisotopic (exact) mass is 361 g/mol. The van der Waals surface area contributed by atoms with E-state index < -0.39 is 0 Å². The molecule has 138 valence electrons. The van der Waals surface area contributed by atoms with Gasteiger partial charge in [0.05, 0.1) is 24.5 Å². The normalized spacial score (nSPS) is 19.6. The van der Waals surface area contributed by atoms with Crippen LogP contribution in [0.15, 0.2) is 42.6 Å². The fraction of sp³-hybridized carbons (Fsp3) is 0.318. The molecule has 0 atom stereocenters. The number of fused-ring (bicyclic) bond motifs is 1. The van der Waals surface area contributed by atoms with E-state index in [2.05, 4.69) is 22.4 Å². The predicted octanol–water partition coefficient (Wildman–Crippen LogP) is 4.43. The number of H-pyrrole nitrogens is 1. The van der Waals surface area contributed by atoms with Gasteiger partial charge in [0, 0.05) is 34.8 Å². The van der Waals surface area contributed by atoms with Crippen LogP contribution in [-0.4, -0.2) is 29.3 Å². The SMILES string of the molecule is COc1ccc2c(-c3ccc(C#N)c(NC4CCC(O)CC4)c3)c[nH]c2c1. The van der Waals surface area contributed by atoms with E-state index in [9.17, 15) is 10.4 Å². The van der Waals surface area contributed by atoms with Crippen LogP contribution in [0.5, 0.6) is 5.75 Å². The smallest absolute Gasteiger partial charge is 0.120 e. The number of nitriles is 1. The summed E-state index contributed by atoms with van der Waals surface area (Å²) >= 11 is 0. The summed E-state index contributed by atoms with van der Waals surface area (Å²) in [4.78, 5) is 3.30. The van der Waals surface area contributed by atoms with Crippen molar-refractivity contribution in [3.8, 4) is 22.9 Å². The molecule has 1 aliphatic carbocycles. The number of aromatic amines is 1. The van der Waals surface area contributed by atoms with E-state index in [1.54, 1.807) is 7.11 Å². The molecule has 1 saturated carbocycles. The van der Waals surface area contributed by atoms with Crippen LogP contribution in [0.3, 0.4) is 0 Å². The number of nitrogens with zero attached hydrogens (tertiary/aromatic N) is 1. The van der Waals surface area contributed by atoms with Crippen molar-refractivity contribution in [2.24, 2.45) is 0 Å². The molecular weight excluding hydrogens is 338 g/mol. The number of aliphatic hydroxyl groups is 1. The molecule has 1 heterocycles. The molecule has 0 saturated heterocycles. The number of methoxy groups -OCH3 is 1. The van der Waals surface area contributed by atoms with Gasteiger partial charge in [0.1, 0.15) is 11.8 Å². The fourth-order valence-electron chi connectivity index (χ4n) is 3.84. The second-order valence-electron chi connectivity index (χ2n) is 7.14. The summed E-state index contributed by atoms with van der Waals surface area (Å²) in [6.07, 6.45) is 5.26. The Morgan fingerprint density at radius 1 is 1.15 bits per heavy atom. The van der Waals surface area contributed by atoms with E-state index in [-0.39, 0.29) is 6.10 Å². The molecule has 0 spiro atoms. The van der Waals surface area contributed by atoms with Crippen LogP contribution < -0.4 is 10.1 Å². The first-order valence-corrected chi connectivity index (χ1v) is 9.32. The van der Waals surface area contributed by atoms with Gasteiger partial charge in [-0.2, -0.15) is 5.26 Å².